The van der Waals surface area contributed by atoms with Gasteiger partial charge in [0.05, 0.1) is 21.3 Å². The topological polar surface area (TPSA) is 52.7 Å². The Morgan fingerprint density at radius 2 is 1.73 bits per heavy atom. The molecule has 5 nitrogen and oxygen atoms in total. The average Bonchev–Trinajstić information content (AvgIpc) is 2.55. The predicted octanol–water partition coefficient (Wildman–Crippen LogP) is 3.51. The highest BCUT2D eigenvalue weighted by molar-refractivity contribution is 7.92. The normalized spacial score (nSPS) is 15.9. The highest BCUT2D eigenvalue weighted by Gasteiger charge is 2.23. The molecule has 2 aromatic carbocycles. The lowest BCUT2D eigenvalue weighted by Crippen LogP contribution is -2.44. The van der Waals surface area contributed by atoms with Gasteiger partial charge in [-0.3, -0.25) is 4.72 Å². The standard InChI is InChI=1S/C19H24ClN3O2S/c1-14-7-8-18(15(2)13-14)26(24,25)21-17-6-4-5-16(20)19(17)23-11-9-22(3)10-12-23/h4-8,13,21H,9-12H2,1-3H3. The Morgan fingerprint density at radius 3 is 2.38 bits per heavy atom. The first-order chi connectivity index (χ1) is 12.3. The Labute approximate surface area is 160 Å². The van der Waals surface area contributed by atoms with Crippen molar-refractivity contribution in [1.29, 1.82) is 0 Å². The van der Waals surface area contributed by atoms with Gasteiger partial charge < -0.3 is 9.80 Å². The Balaban J connectivity index is 1.96. The molecule has 140 valence electrons. The minimum Gasteiger partial charge on any atom is -0.366 e. The van der Waals surface area contributed by atoms with Crippen molar-refractivity contribution in [1.82, 2.24) is 4.90 Å². The number of aryl methyl sites for hydroxylation is 2. The SMILES string of the molecule is Cc1ccc(S(=O)(=O)Nc2cccc(Cl)c2N2CCN(C)CC2)c(C)c1. The Hall–Kier alpha value is -1.76. The second-order valence-electron chi connectivity index (χ2n) is 6.80. The number of hydrogen-bond acceptors (Lipinski definition) is 4. The maximum absolute atomic E-state index is 13.0. The van der Waals surface area contributed by atoms with Crippen molar-refractivity contribution in [2.24, 2.45) is 0 Å². The Kier molecular flexibility index (Phi) is 5.46. The lowest BCUT2D eigenvalue weighted by Gasteiger charge is -2.35. The van der Waals surface area contributed by atoms with Crippen LogP contribution in [0.3, 0.4) is 0 Å². The zero-order valence-corrected chi connectivity index (χ0v) is 16.9. The number of hydrogen-bond donors (Lipinski definition) is 1. The molecule has 0 saturated carbocycles. The van der Waals surface area contributed by atoms with Gasteiger partial charge in [-0.2, -0.15) is 0 Å². The molecule has 0 atom stereocenters. The fourth-order valence-electron chi connectivity index (χ4n) is 3.25. The summed E-state index contributed by atoms with van der Waals surface area (Å²) in [7, 11) is -1.62. The first-order valence-electron chi connectivity index (χ1n) is 8.60. The molecule has 1 aliphatic heterocycles. The summed E-state index contributed by atoms with van der Waals surface area (Å²) in [6, 6.07) is 10.6. The summed E-state index contributed by atoms with van der Waals surface area (Å²) in [4.78, 5) is 4.67. The first kappa shape index (κ1) is 19.0. The molecule has 1 saturated heterocycles. The van der Waals surface area contributed by atoms with E-state index >= 15 is 0 Å². The number of rotatable bonds is 4. The number of nitrogens with zero attached hydrogens (tertiary/aromatic N) is 2. The highest BCUT2D eigenvalue weighted by Crippen LogP contribution is 2.36. The minimum atomic E-state index is -3.70. The Bertz CT molecular complexity index is 907. The van der Waals surface area contributed by atoms with Gasteiger partial charge in [0.25, 0.3) is 10.0 Å². The van der Waals surface area contributed by atoms with Crippen LogP contribution in [0.2, 0.25) is 5.02 Å². The van der Waals surface area contributed by atoms with E-state index in [0.717, 1.165) is 43.0 Å². The summed E-state index contributed by atoms with van der Waals surface area (Å²) in [5.74, 6) is 0. The number of sulfonamides is 1. The quantitative estimate of drug-likeness (QED) is 0.863. The minimum absolute atomic E-state index is 0.285. The molecule has 0 amide bonds. The zero-order valence-electron chi connectivity index (χ0n) is 15.3. The summed E-state index contributed by atoms with van der Waals surface area (Å²) in [6.07, 6.45) is 0. The van der Waals surface area contributed by atoms with Gasteiger partial charge >= 0.3 is 0 Å². The number of para-hydroxylation sites is 1. The van der Waals surface area contributed by atoms with Gasteiger partial charge in [0.1, 0.15) is 0 Å². The molecule has 1 N–H and O–H groups in total. The molecule has 26 heavy (non-hydrogen) atoms. The van der Waals surface area contributed by atoms with E-state index in [2.05, 4.69) is 21.6 Å². The molecule has 1 fully saturated rings. The first-order valence-corrected chi connectivity index (χ1v) is 10.5. The van der Waals surface area contributed by atoms with Gasteiger partial charge in [-0.05, 0) is 44.7 Å². The molecule has 0 radical (unpaired) electrons. The van der Waals surface area contributed by atoms with Crippen LogP contribution in [-0.2, 0) is 10.0 Å². The summed E-state index contributed by atoms with van der Waals surface area (Å²) in [5, 5.41) is 0.551. The summed E-state index contributed by atoms with van der Waals surface area (Å²) in [5.41, 5.74) is 3.01. The third kappa shape index (κ3) is 3.98. The van der Waals surface area contributed by atoms with E-state index in [0.29, 0.717) is 10.7 Å². The van der Waals surface area contributed by atoms with Crippen molar-refractivity contribution in [3.63, 3.8) is 0 Å². The number of halogens is 1. The number of likely N-dealkylation sites (N-methyl/N-ethyl adjacent to an activating group) is 1. The van der Waals surface area contributed by atoms with Crippen molar-refractivity contribution < 1.29 is 8.42 Å². The van der Waals surface area contributed by atoms with E-state index in [-0.39, 0.29) is 4.90 Å². The van der Waals surface area contributed by atoms with E-state index in [1.54, 1.807) is 37.3 Å². The van der Waals surface area contributed by atoms with Crippen LogP contribution in [-0.4, -0.2) is 46.5 Å². The molecule has 0 aromatic heterocycles. The van der Waals surface area contributed by atoms with Gasteiger partial charge in [-0.25, -0.2) is 8.42 Å². The van der Waals surface area contributed by atoms with Crippen LogP contribution in [0.5, 0.6) is 0 Å². The van der Waals surface area contributed by atoms with Crippen molar-refractivity contribution >= 4 is 33.0 Å². The molecule has 1 aliphatic rings. The van der Waals surface area contributed by atoms with Crippen LogP contribution in [0.1, 0.15) is 11.1 Å². The highest BCUT2D eigenvalue weighted by atomic mass is 35.5. The molecule has 1 heterocycles. The monoisotopic (exact) mass is 393 g/mol. The van der Waals surface area contributed by atoms with Crippen LogP contribution in [0, 0.1) is 13.8 Å². The maximum atomic E-state index is 13.0. The van der Waals surface area contributed by atoms with E-state index in [1.807, 2.05) is 13.0 Å². The van der Waals surface area contributed by atoms with Crippen molar-refractivity contribution in [2.75, 3.05) is 42.8 Å². The molecular weight excluding hydrogens is 370 g/mol. The van der Waals surface area contributed by atoms with Gasteiger partial charge in [0.2, 0.25) is 0 Å². The van der Waals surface area contributed by atoms with Crippen molar-refractivity contribution in [3.8, 4) is 0 Å². The van der Waals surface area contributed by atoms with Crippen LogP contribution in [0.15, 0.2) is 41.3 Å². The number of piperazine rings is 1. The fraction of sp³-hybridized carbons (Fsp3) is 0.368. The summed E-state index contributed by atoms with van der Waals surface area (Å²) >= 11 is 6.44. The molecule has 7 heteroatoms. The van der Waals surface area contributed by atoms with Gasteiger partial charge in [0, 0.05) is 26.2 Å². The Morgan fingerprint density at radius 1 is 1.04 bits per heavy atom. The van der Waals surface area contributed by atoms with Gasteiger partial charge in [-0.1, -0.05) is 35.4 Å². The van der Waals surface area contributed by atoms with Crippen molar-refractivity contribution in [3.05, 3.63) is 52.5 Å². The number of nitrogens with one attached hydrogen (secondary N) is 1. The molecule has 2 aromatic rings. The lowest BCUT2D eigenvalue weighted by molar-refractivity contribution is 0.313. The molecular formula is C19H24ClN3O2S. The average molecular weight is 394 g/mol. The smallest absolute Gasteiger partial charge is 0.262 e. The second kappa shape index (κ2) is 7.47. The van der Waals surface area contributed by atoms with Crippen molar-refractivity contribution in [2.45, 2.75) is 18.7 Å². The van der Waals surface area contributed by atoms with E-state index in [1.165, 1.54) is 0 Å². The van der Waals surface area contributed by atoms with Crippen LogP contribution >= 0.6 is 11.6 Å². The van der Waals surface area contributed by atoms with E-state index in [9.17, 15) is 8.42 Å². The molecule has 0 aliphatic carbocycles. The van der Waals surface area contributed by atoms with E-state index < -0.39 is 10.0 Å². The molecule has 3 rings (SSSR count). The number of anilines is 2. The zero-order chi connectivity index (χ0) is 18.9. The second-order valence-corrected chi connectivity index (χ2v) is 8.86. The van der Waals surface area contributed by atoms with Crippen LogP contribution in [0.4, 0.5) is 11.4 Å². The van der Waals surface area contributed by atoms with Gasteiger partial charge in [-0.15, -0.1) is 0 Å². The summed E-state index contributed by atoms with van der Waals surface area (Å²) in [6.45, 7) is 7.18. The van der Waals surface area contributed by atoms with Gasteiger partial charge in [0.15, 0.2) is 0 Å². The molecule has 0 spiro atoms. The lowest BCUT2D eigenvalue weighted by atomic mass is 10.2. The molecule has 0 bridgehead atoms. The van der Waals surface area contributed by atoms with Crippen LogP contribution in [0.25, 0.3) is 0 Å². The summed E-state index contributed by atoms with van der Waals surface area (Å²) < 4.78 is 28.6. The number of benzene rings is 2. The predicted molar refractivity (Wildman–Crippen MR) is 108 cm³/mol. The van der Waals surface area contributed by atoms with Crippen LogP contribution < -0.4 is 9.62 Å². The maximum Gasteiger partial charge on any atom is 0.262 e. The third-order valence-corrected chi connectivity index (χ3v) is 6.50. The third-order valence-electron chi connectivity index (χ3n) is 4.67. The molecule has 0 unspecified atom stereocenters. The largest absolute Gasteiger partial charge is 0.366 e. The van der Waals surface area contributed by atoms with E-state index in [4.69, 9.17) is 11.6 Å². The fourth-order valence-corrected chi connectivity index (χ4v) is 4.84.